The minimum absolute atomic E-state index is 0.0965. The first-order chi connectivity index (χ1) is 9.52. The van der Waals surface area contributed by atoms with Gasteiger partial charge in [0.1, 0.15) is 6.54 Å². The highest BCUT2D eigenvalue weighted by atomic mass is 79.9. The maximum absolute atomic E-state index is 11.7. The Hall–Kier alpha value is -1.89. The minimum Gasteiger partial charge on any atom is -0.468 e. The first-order valence-electron chi connectivity index (χ1n) is 5.90. The van der Waals surface area contributed by atoms with Gasteiger partial charge in [-0.3, -0.25) is 14.4 Å². The number of amides is 2. The molecule has 1 aromatic carbocycles. The monoisotopic (exact) mass is 342 g/mol. The highest BCUT2D eigenvalue weighted by Crippen LogP contribution is 2.10. The summed E-state index contributed by atoms with van der Waals surface area (Å²) in [6.45, 7) is 0.0257. The van der Waals surface area contributed by atoms with Gasteiger partial charge in [0.05, 0.1) is 7.11 Å². The van der Waals surface area contributed by atoms with Crippen molar-refractivity contribution in [2.24, 2.45) is 0 Å². The average Bonchev–Trinajstić information content (AvgIpc) is 2.45. The molecule has 2 amide bonds. The van der Waals surface area contributed by atoms with Crippen molar-refractivity contribution in [1.82, 2.24) is 10.6 Å². The Morgan fingerprint density at radius 1 is 1.15 bits per heavy atom. The Morgan fingerprint density at radius 3 is 2.40 bits per heavy atom. The lowest BCUT2D eigenvalue weighted by Crippen LogP contribution is -2.33. The van der Waals surface area contributed by atoms with Crippen LogP contribution in [0.4, 0.5) is 0 Å². The van der Waals surface area contributed by atoms with E-state index in [-0.39, 0.29) is 31.3 Å². The molecule has 0 saturated heterocycles. The molecule has 108 valence electrons. The number of rotatable bonds is 6. The summed E-state index contributed by atoms with van der Waals surface area (Å²) >= 11 is 3.28. The molecule has 1 aromatic rings. The fourth-order valence-electron chi connectivity index (χ4n) is 1.32. The number of benzene rings is 1. The van der Waals surface area contributed by atoms with Gasteiger partial charge in [0.15, 0.2) is 0 Å². The number of hydrogen-bond acceptors (Lipinski definition) is 4. The molecule has 0 aliphatic rings. The molecular formula is C13H15BrN2O4. The van der Waals surface area contributed by atoms with Crippen LogP contribution in [0.2, 0.25) is 0 Å². The molecule has 0 heterocycles. The van der Waals surface area contributed by atoms with Crippen molar-refractivity contribution in [3.05, 3.63) is 34.3 Å². The summed E-state index contributed by atoms with van der Waals surface area (Å²) in [5.41, 5.74) is 0.517. The molecule has 0 aliphatic heterocycles. The van der Waals surface area contributed by atoms with Crippen LogP contribution >= 0.6 is 15.9 Å². The zero-order valence-corrected chi connectivity index (χ0v) is 12.5. The van der Waals surface area contributed by atoms with Crippen LogP contribution in [0.25, 0.3) is 0 Å². The fraction of sp³-hybridized carbons (Fsp3) is 0.308. The molecular weight excluding hydrogens is 328 g/mol. The third-order valence-electron chi connectivity index (χ3n) is 2.40. The SMILES string of the molecule is COC(=O)CNC(=O)CCNC(=O)c1ccc(Br)cc1. The summed E-state index contributed by atoms with van der Waals surface area (Å²) < 4.78 is 5.27. The Balaban J connectivity index is 2.26. The molecule has 0 unspecified atom stereocenters. The van der Waals surface area contributed by atoms with Gasteiger partial charge in [0.25, 0.3) is 5.91 Å². The first kappa shape index (κ1) is 16.2. The quantitative estimate of drug-likeness (QED) is 0.751. The molecule has 1 rings (SSSR count). The Labute approximate surface area is 125 Å². The highest BCUT2D eigenvalue weighted by molar-refractivity contribution is 9.10. The van der Waals surface area contributed by atoms with Crippen molar-refractivity contribution in [3.63, 3.8) is 0 Å². The average molecular weight is 343 g/mol. The second-order valence-corrected chi connectivity index (χ2v) is 4.78. The maximum Gasteiger partial charge on any atom is 0.325 e. The third-order valence-corrected chi connectivity index (χ3v) is 2.93. The predicted octanol–water partition coefficient (Wildman–Crippen LogP) is 0.858. The van der Waals surface area contributed by atoms with Crippen molar-refractivity contribution in [1.29, 1.82) is 0 Å². The Morgan fingerprint density at radius 2 is 1.80 bits per heavy atom. The molecule has 2 N–H and O–H groups in total. The molecule has 0 aliphatic carbocycles. The van der Waals surface area contributed by atoms with Gasteiger partial charge in [0, 0.05) is 23.0 Å². The van der Waals surface area contributed by atoms with Crippen molar-refractivity contribution in [3.8, 4) is 0 Å². The van der Waals surface area contributed by atoms with E-state index < -0.39 is 5.97 Å². The van der Waals surface area contributed by atoms with Crippen LogP contribution in [0.1, 0.15) is 16.8 Å². The van der Waals surface area contributed by atoms with Crippen LogP contribution in [0.5, 0.6) is 0 Å². The molecule has 0 saturated carbocycles. The van der Waals surface area contributed by atoms with Crippen molar-refractivity contribution in [2.75, 3.05) is 20.2 Å². The zero-order valence-electron chi connectivity index (χ0n) is 10.9. The number of hydrogen-bond donors (Lipinski definition) is 2. The van der Waals surface area contributed by atoms with Crippen LogP contribution in [0.15, 0.2) is 28.7 Å². The van der Waals surface area contributed by atoms with Crippen molar-refractivity contribution >= 4 is 33.7 Å². The van der Waals surface area contributed by atoms with Crippen LogP contribution < -0.4 is 10.6 Å². The van der Waals surface area contributed by atoms with Gasteiger partial charge in [-0.2, -0.15) is 0 Å². The molecule has 0 spiro atoms. The molecule has 20 heavy (non-hydrogen) atoms. The lowest BCUT2D eigenvalue weighted by atomic mass is 10.2. The third kappa shape index (κ3) is 5.83. The number of esters is 1. The number of nitrogens with one attached hydrogen (secondary N) is 2. The Kier molecular flexibility index (Phi) is 6.72. The molecule has 0 aromatic heterocycles. The fourth-order valence-corrected chi connectivity index (χ4v) is 1.59. The van der Waals surface area contributed by atoms with Gasteiger partial charge in [-0.25, -0.2) is 0 Å². The number of carbonyl (C=O) groups excluding carboxylic acids is 3. The second-order valence-electron chi connectivity index (χ2n) is 3.87. The zero-order chi connectivity index (χ0) is 15.0. The van der Waals surface area contributed by atoms with E-state index in [1.807, 2.05) is 0 Å². The molecule has 0 fully saturated rings. The summed E-state index contributed by atoms with van der Waals surface area (Å²) in [4.78, 5) is 33.9. The minimum atomic E-state index is -0.516. The van der Waals surface area contributed by atoms with Crippen LogP contribution in [0.3, 0.4) is 0 Å². The van der Waals surface area contributed by atoms with Gasteiger partial charge in [-0.05, 0) is 24.3 Å². The molecule has 0 radical (unpaired) electrons. The van der Waals surface area contributed by atoms with E-state index in [0.29, 0.717) is 5.56 Å². The van der Waals surface area contributed by atoms with Gasteiger partial charge in [0.2, 0.25) is 5.91 Å². The van der Waals surface area contributed by atoms with E-state index in [1.165, 1.54) is 7.11 Å². The summed E-state index contributed by atoms with van der Waals surface area (Å²) in [5.74, 6) is -1.10. The lowest BCUT2D eigenvalue weighted by molar-refractivity contribution is -0.141. The summed E-state index contributed by atoms with van der Waals surface area (Å²) in [7, 11) is 1.24. The summed E-state index contributed by atoms with van der Waals surface area (Å²) in [6.07, 6.45) is 0.0965. The summed E-state index contributed by atoms with van der Waals surface area (Å²) in [6, 6.07) is 6.88. The molecule has 7 heteroatoms. The lowest BCUT2D eigenvalue weighted by Gasteiger charge is -2.06. The van der Waals surface area contributed by atoms with Crippen LogP contribution in [-0.2, 0) is 14.3 Å². The van der Waals surface area contributed by atoms with Gasteiger partial charge < -0.3 is 15.4 Å². The summed E-state index contributed by atoms with van der Waals surface area (Å²) in [5, 5.41) is 5.00. The molecule has 0 bridgehead atoms. The number of carbonyl (C=O) groups is 3. The molecule has 0 atom stereocenters. The number of methoxy groups -OCH3 is 1. The topological polar surface area (TPSA) is 84.5 Å². The van der Waals surface area contributed by atoms with Crippen LogP contribution in [-0.4, -0.2) is 38.0 Å². The van der Waals surface area contributed by atoms with Crippen molar-refractivity contribution in [2.45, 2.75) is 6.42 Å². The van der Waals surface area contributed by atoms with E-state index in [0.717, 1.165) is 4.47 Å². The Bertz CT molecular complexity index is 488. The largest absolute Gasteiger partial charge is 0.468 e. The van der Waals surface area contributed by atoms with Gasteiger partial charge in [-0.15, -0.1) is 0 Å². The highest BCUT2D eigenvalue weighted by Gasteiger charge is 2.07. The van der Waals surface area contributed by atoms with E-state index >= 15 is 0 Å². The van der Waals surface area contributed by atoms with E-state index in [1.54, 1.807) is 24.3 Å². The standard InChI is InChI=1S/C13H15BrN2O4/c1-20-12(18)8-16-11(17)6-7-15-13(19)9-2-4-10(14)5-3-9/h2-5H,6-8H2,1H3,(H,15,19)(H,16,17). The number of halogens is 1. The molecule has 6 nitrogen and oxygen atoms in total. The van der Waals surface area contributed by atoms with E-state index in [4.69, 9.17) is 0 Å². The van der Waals surface area contributed by atoms with Gasteiger partial charge >= 0.3 is 5.97 Å². The normalized spacial score (nSPS) is 9.70. The number of ether oxygens (including phenoxy) is 1. The van der Waals surface area contributed by atoms with Crippen LogP contribution in [0, 0.1) is 0 Å². The predicted molar refractivity (Wildman–Crippen MR) is 76.1 cm³/mol. The first-order valence-corrected chi connectivity index (χ1v) is 6.69. The van der Waals surface area contributed by atoms with Gasteiger partial charge in [-0.1, -0.05) is 15.9 Å². The maximum atomic E-state index is 11.7. The van der Waals surface area contributed by atoms with Crippen molar-refractivity contribution < 1.29 is 19.1 Å². The van der Waals surface area contributed by atoms with E-state index in [2.05, 4.69) is 31.3 Å². The second kappa shape index (κ2) is 8.31. The smallest absolute Gasteiger partial charge is 0.325 e. The van der Waals surface area contributed by atoms with E-state index in [9.17, 15) is 14.4 Å².